The predicted octanol–water partition coefficient (Wildman–Crippen LogP) is 2.09. The van der Waals surface area contributed by atoms with Gasteiger partial charge in [0.2, 0.25) is 9.05 Å². The van der Waals surface area contributed by atoms with Gasteiger partial charge in [-0.2, -0.15) is 0 Å². The van der Waals surface area contributed by atoms with Crippen molar-refractivity contribution in [3.8, 4) is 0 Å². The van der Waals surface area contributed by atoms with Crippen molar-refractivity contribution in [2.24, 2.45) is 0 Å². The standard InChI is InChI=1S/C8H12ClNO3S/c1-2-3-4-7-5-8(13-10-7)6-14(9,11)12/h5H,2-4,6H2,1H3. The van der Waals surface area contributed by atoms with Crippen LogP contribution in [-0.2, 0) is 21.2 Å². The molecule has 1 heterocycles. The van der Waals surface area contributed by atoms with Crippen molar-refractivity contribution in [1.82, 2.24) is 5.16 Å². The molecule has 0 aliphatic rings. The molecule has 0 spiro atoms. The van der Waals surface area contributed by atoms with Gasteiger partial charge in [0.1, 0.15) is 5.75 Å². The molecule has 80 valence electrons. The number of aromatic nitrogens is 1. The van der Waals surface area contributed by atoms with Crippen LogP contribution in [0, 0.1) is 0 Å². The van der Waals surface area contributed by atoms with E-state index in [0.29, 0.717) is 5.76 Å². The number of nitrogens with zero attached hydrogens (tertiary/aromatic N) is 1. The van der Waals surface area contributed by atoms with Gasteiger partial charge in [-0.1, -0.05) is 18.5 Å². The van der Waals surface area contributed by atoms with Crippen molar-refractivity contribution in [1.29, 1.82) is 0 Å². The van der Waals surface area contributed by atoms with Crippen LogP contribution >= 0.6 is 10.7 Å². The maximum atomic E-state index is 10.7. The zero-order valence-electron chi connectivity index (χ0n) is 7.86. The van der Waals surface area contributed by atoms with Gasteiger partial charge in [0.15, 0.2) is 5.76 Å². The molecule has 0 radical (unpaired) electrons. The summed E-state index contributed by atoms with van der Waals surface area (Å²) in [6, 6.07) is 1.63. The van der Waals surface area contributed by atoms with Crippen LogP contribution in [-0.4, -0.2) is 13.6 Å². The van der Waals surface area contributed by atoms with Crippen LogP contribution in [0.1, 0.15) is 31.2 Å². The largest absolute Gasteiger partial charge is 0.360 e. The Bertz CT molecular complexity index is 385. The lowest BCUT2D eigenvalue weighted by atomic mass is 10.2. The summed E-state index contributed by atoms with van der Waals surface area (Å²) in [4.78, 5) is 0. The van der Waals surface area contributed by atoms with Crippen LogP contribution in [0.4, 0.5) is 0 Å². The molecular weight excluding hydrogens is 226 g/mol. The molecule has 0 aliphatic carbocycles. The highest BCUT2D eigenvalue weighted by Gasteiger charge is 2.12. The molecule has 6 heteroatoms. The van der Waals surface area contributed by atoms with E-state index < -0.39 is 9.05 Å². The Kier molecular flexibility index (Phi) is 3.95. The number of halogens is 1. The van der Waals surface area contributed by atoms with Gasteiger partial charge < -0.3 is 4.52 Å². The van der Waals surface area contributed by atoms with E-state index in [-0.39, 0.29) is 5.75 Å². The summed E-state index contributed by atoms with van der Waals surface area (Å²) in [6.45, 7) is 2.07. The molecule has 0 unspecified atom stereocenters. The molecule has 1 aromatic heterocycles. The van der Waals surface area contributed by atoms with E-state index in [1.165, 1.54) is 0 Å². The van der Waals surface area contributed by atoms with E-state index >= 15 is 0 Å². The molecule has 1 aromatic rings. The molecule has 0 amide bonds. The molecular formula is C8H12ClNO3S. The Morgan fingerprint density at radius 2 is 2.29 bits per heavy atom. The highest BCUT2D eigenvalue weighted by molar-refractivity contribution is 8.13. The van der Waals surface area contributed by atoms with E-state index in [0.717, 1.165) is 25.0 Å². The van der Waals surface area contributed by atoms with E-state index in [1.807, 2.05) is 0 Å². The Morgan fingerprint density at radius 1 is 1.57 bits per heavy atom. The Balaban J connectivity index is 2.59. The number of hydrogen-bond acceptors (Lipinski definition) is 4. The van der Waals surface area contributed by atoms with Crippen molar-refractivity contribution >= 4 is 19.7 Å². The zero-order chi connectivity index (χ0) is 10.6. The number of hydrogen-bond donors (Lipinski definition) is 0. The molecule has 0 saturated carbocycles. The zero-order valence-corrected chi connectivity index (χ0v) is 9.44. The Labute approximate surface area is 87.7 Å². The maximum absolute atomic E-state index is 10.7. The molecule has 0 fully saturated rings. The van der Waals surface area contributed by atoms with Crippen LogP contribution in [0.3, 0.4) is 0 Å². The molecule has 4 nitrogen and oxygen atoms in total. The van der Waals surface area contributed by atoms with Gasteiger partial charge in [0.25, 0.3) is 0 Å². The monoisotopic (exact) mass is 237 g/mol. The minimum absolute atomic E-state index is 0.297. The van der Waals surface area contributed by atoms with E-state index in [4.69, 9.17) is 15.2 Å². The molecule has 0 aromatic carbocycles. The lowest BCUT2D eigenvalue weighted by Gasteiger charge is -1.89. The van der Waals surface area contributed by atoms with Crippen LogP contribution in [0.5, 0.6) is 0 Å². The Morgan fingerprint density at radius 3 is 2.86 bits per heavy atom. The minimum atomic E-state index is -3.55. The smallest absolute Gasteiger partial charge is 0.239 e. The second-order valence-corrected chi connectivity index (χ2v) is 5.85. The van der Waals surface area contributed by atoms with Crippen molar-refractivity contribution in [3.63, 3.8) is 0 Å². The molecule has 14 heavy (non-hydrogen) atoms. The molecule has 0 saturated heterocycles. The topological polar surface area (TPSA) is 60.2 Å². The van der Waals surface area contributed by atoms with Crippen LogP contribution in [0.25, 0.3) is 0 Å². The summed E-state index contributed by atoms with van der Waals surface area (Å²) in [5, 5.41) is 3.74. The van der Waals surface area contributed by atoms with Crippen LogP contribution in [0.15, 0.2) is 10.6 Å². The lowest BCUT2D eigenvalue weighted by Crippen LogP contribution is -1.92. The highest BCUT2D eigenvalue weighted by atomic mass is 35.7. The van der Waals surface area contributed by atoms with Crippen molar-refractivity contribution in [3.05, 3.63) is 17.5 Å². The summed E-state index contributed by atoms with van der Waals surface area (Å²) in [5.74, 6) is -0.000618. The van der Waals surface area contributed by atoms with Crippen LogP contribution in [0.2, 0.25) is 0 Å². The van der Waals surface area contributed by atoms with Gasteiger partial charge in [0.05, 0.1) is 5.69 Å². The van der Waals surface area contributed by atoms with Gasteiger partial charge in [-0.3, -0.25) is 0 Å². The minimum Gasteiger partial charge on any atom is -0.360 e. The fraction of sp³-hybridized carbons (Fsp3) is 0.625. The fourth-order valence-corrected chi connectivity index (χ4v) is 1.87. The summed E-state index contributed by atoms with van der Waals surface area (Å²) >= 11 is 0. The van der Waals surface area contributed by atoms with Crippen molar-refractivity contribution in [2.75, 3.05) is 0 Å². The first-order valence-corrected chi connectivity index (χ1v) is 6.86. The fourth-order valence-electron chi connectivity index (χ4n) is 1.07. The van der Waals surface area contributed by atoms with Gasteiger partial charge in [0, 0.05) is 16.7 Å². The average molecular weight is 238 g/mol. The lowest BCUT2D eigenvalue weighted by molar-refractivity contribution is 0.386. The third-order valence-electron chi connectivity index (χ3n) is 1.71. The number of rotatable bonds is 5. The number of unbranched alkanes of at least 4 members (excludes halogenated alkanes) is 1. The van der Waals surface area contributed by atoms with Gasteiger partial charge >= 0.3 is 0 Å². The molecule has 0 aliphatic heterocycles. The first-order chi connectivity index (χ1) is 6.51. The van der Waals surface area contributed by atoms with Gasteiger partial charge in [-0.25, -0.2) is 8.42 Å². The molecule has 1 rings (SSSR count). The van der Waals surface area contributed by atoms with Gasteiger partial charge in [-0.15, -0.1) is 0 Å². The Hall–Kier alpha value is -0.550. The van der Waals surface area contributed by atoms with Crippen LogP contribution < -0.4 is 0 Å². The first-order valence-electron chi connectivity index (χ1n) is 4.38. The quantitative estimate of drug-likeness (QED) is 0.736. The van der Waals surface area contributed by atoms with Crippen molar-refractivity contribution < 1.29 is 12.9 Å². The second-order valence-electron chi connectivity index (χ2n) is 3.07. The van der Waals surface area contributed by atoms with E-state index in [2.05, 4.69) is 12.1 Å². The average Bonchev–Trinajstić information content (AvgIpc) is 2.46. The normalized spacial score (nSPS) is 11.9. The second kappa shape index (κ2) is 4.79. The maximum Gasteiger partial charge on any atom is 0.239 e. The molecule has 0 bridgehead atoms. The predicted molar refractivity (Wildman–Crippen MR) is 53.6 cm³/mol. The summed E-state index contributed by atoms with van der Waals surface area (Å²) in [5.41, 5.74) is 0.780. The van der Waals surface area contributed by atoms with E-state index in [9.17, 15) is 8.42 Å². The molecule has 0 atom stereocenters. The number of aryl methyl sites for hydroxylation is 1. The summed E-state index contributed by atoms with van der Waals surface area (Å²) in [7, 11) is 1.52. The highest BCUT2D eigenvalue weighted by Crippen LogP contribution is 2.12. The third-order valence-corrected chi connectivity index (χ3v) is 2.67. The summed E-state index contributed by atoms with van der Waals surface area (Å²) < 4.78 is 26.2. The first kappa shape index (κ1) is 11.5. The van der Waals surface area contributed by atoms with E-state index in [1.54, 1.807) is 6.07 Å². The third kappa shape index (κ3) is 4.11. The molecule has 0 N–H and O–H groups in total. The SMILES string of the molecule is CCCCc1cc(CS(=O)(=O)Cl)on1. The van der Waals surface area contributed by atoms with Gasteiger partial charge in [-0.05, 0) is 12.8 Å². The van der Waals surface area contributed by atoms with Crippen molar-refractivity contribution in [2.45, 2.75) is 31.9 Å². The summed E-state index contributed by atoms with van der Waals surface area (Å²) in [6.07, 6.45) is 2.89.